The van der Waals surface area contributed by atoms with Crippen LogP contribution in [0.2, 0.25) is 0 Å². The van der Waals surface area contributed by atoms with Gasteiger partial charge in [-0.05, 0) is 36.2 Å². The first-order valence-corrected chi connectivity index (χ1v) is 10.4. The Morgan fingerprint density at radius 3 is 2.83 bits per heavy atom. The number of H-pyrrole nitrogens is 1. The third-order valence-corrected chi connectivity index (χ3v) is 6.66. The number of fused-ring (bicyclic) bond motifs is 2. The van der Waals surface area contributed by atoms with Gasteiger partial charge in [-0.3, -0.25) is 4.90 Å². The van der Waals surface area contributed by atoms with Gasteiger partial charge in [0.25, 0.3) is 0 Å². The van der Waals surface area contributed by atoms with E-state index in [1.165, 1.54) is 22.1 Å². The number of aliphatic hydroxyl groups excluding tert-OH is 4. The van der Waals surface area contributed by atoms with E-state index in [4.69, 9.17) is 9.47 Å². The first-order chi connectivity index (χ1) is 14.5. The second-order valence-electron chi connectivity index (χ2n) is 8.61. The third-order valence-electron chi connectivity index (χ3n) is 6.66. The predicted octanol–water partition coefficient (Wildman–Crippen LogP) is -0.146. The van der Waals surface area contributed by atoms with Crippen LogP contribution in [0.15, 0.2) is 30.5 Å². The molecule has 1 aliphatic carbocycles. The Morgan fingerprint density at radius 1 is 1.20 bits per heavy atom. The molecule has 2 aromatic rings. The van der Waals surface area contributed by atoms with Crippen LogP contribution in [0.3, 0.4) is 0 Å². The van der Waals surface area contributed by atoms with Gasteiger partial charge in [0.1, 0.15) is 24.4 Å². The average molecular weight is 416 g/mol. The number of ether oxygens (including phenoxy) is 2. The molecule has 1 saturated heterocycles. The van der Waals surface area contributed by atoms with Crippen LogP contribution < -0.4 is 0 Å². The van der Waals surface area contributed by atoms with E-state index in [2.05, 4.69) is 47.4 Å². The molecule has 1 aromatic heterocycles. The fourth-order valence-corrected chi connectivity index (χ4v) is 5.08. The molecule has 30 heavy (non-hydrogen) atoms. The van der Waals surface area contributed by atoms with Crippen LogP contribution in [0, 0.1) is 5.92 Å². The third kappa shape index (κ3) is 3.20. The van der Waals surface area contributed by atoms with Gasteiger partial charge in [0.05, 0.1) is 13.2 Å². The molecule has 1 fully saturated rings. The lowest BCUT2D eigenvalue weighted by molar-refractivity contribution is -0.302. The molecule has 2 aliphatic heterocycles. The lowest BCUT2D eigenvalue weighted by atomic mass is 9.80. The van der Waals surface area contributed by atoms with Crippen molar-refractivity contribution in [1.29, 1.82) is 0 Å². The van der Waals surface area contributed by atoms with Crippen LogP contribution in [0.25, 0.3) is 16.5 Å². The maximum Gasteiger partial charge on any atom is 0.186 e. The Morgan fingerprint density at radius 2 is 2.03 bits per heavy atom. The van der Waals surface area contributed by atoms with E-state index in [-0.39, 0.29) is 5.92 Å². The highest BCUT2D eigenvalue weighted by atomic mass is 16.7. The summed E-state index contributed by atoms with van der Waals surface area (Å²) < 4.78 is 11.3. The summed E-state index contributed by atoms with van der Waals surface area (Å²) in [5.74, 6) is 0.0735. The lowest BCUT2D eigenvalue weighted by Gasteiger charge is -2.42. The second-order valence-corrected chi connectivity index (χ2v) is 8.61. The predicted molar refractivity (Wildman–Crippen MR) is 110 cm³/mol. The van der Waals surface area contributed by atoms with Crippen LogP contribution in [0.5, 0.6) is 0 Å². The number of aromatic nitrogens is 1. The molecule has 7 atom stereocenters. The Hall–Kier alpha value is -1.78. The maximum atomic E-state index is 10.2. The molecular weight excluding hydrogens is 388 g/mol. The summed E-state index contributed by atoms with van der Waals surface area (Å²) in [4.78, 5) is 5.69. The standard InChI is InChI=1S/C22H28N2O6/c1-24-8-11(10-29-22-21(28)20(27)19(26)17(9-25)30-22)5-14-13-3-2-4-15-18(13)12(7-23-15)6-16(14)24/h2-5,7,11,16-17,19-23,25-28H,6,8-10H2,1H3/t11?,16-,17-,19+,20+,21-,22+/m1/s1. The first-order valence-electron chi connectivity index (χ1n) is 10.4. The van der Waals surface area contributed by atoms with Crippen LogP contribution in [0.1, 0.15) is 11.1 Å². The van der Waals surface area contributed by atoms with Gasteiger partial charge >= 0.3 is 0 Å². The maximum absolute atomic E-state index is 10.2. The highest BCUT2D eigenvalue weighted by Gasteiger charge is 2.44. The van der Waals surface area contributed by atoms with Crippen molar-refractivity contribution in [1.82, 2.24) is 9.88 Å². The van der Waals surface area contributed by atoms with E-state index in [9.17, 15) is 20.4 Å². The van der Waals surface area contributed by atoms with E-state index >= 15 is 0 Å². The molecule has 0 amide bonds. The molecule has 8 nitrogen and oxygen atoms in total. The Kier molecular flexibility index (Phi) is 5.19. The number of nitrogens with one attached hydrogen (secondary N) is 1. The smallest absolute Gasteiger partial charge is 0.186 e. The van der Waals surface area contributed by atoms with Crippen LogP contribution in [0.4, 0.5) is 0 Å². The van der Waals surface area contributed by atoms with Crippen LogP contribution in [-0.2, 0) is 15.9 Å². The molecule has 0 radical (unpaired) electrons. The number of hydrogen-bond donors (Lipinski definition) is 5. The van der Waals surface area contributed by atoms with Gasteiger partial charge in [-0.2, -0.15) is 0 Å². The lowest BCUT2D eigenvalue weighted by Crippen LogP contribution is -2.59. The average Bonchev–Trinajstić information content (AvgIpc) is 3.17. The van der Waals surface area contributed by atoms with Crippen molar-refractivity contribution < 1.29 is 29.9 Å². The molecule has 0 spiro atoms. The zero-order chi connectivity index (χ0) is 21.0. The summed E-state index contributed by atoms with van der Waals surface area (Å²) in [5, 5.41) is 40.7. The summed E-state index contributed by atoms with van der Waals surface area (Å²) >= 11 is 0. The van der Waals surface area contributed by atoms with Crippen molar-refractivity contribution in [2.75, 3.05) is 26.8 Å². The molecule has 5 rings (SSSR count). The summed E-state index contributed by atoms with van der Waals surface area (Å²) in [5.41, 5.74) is 5.00. The zero-order valence-corrected chi connectivity index (χ0v) is 16.8. The monoisotopic (exact) mass is 416 g/mol. The molecule has 0 saturated carbocycles. The van der Waals surface area contributed by atoms with Crippen molar-refractivity contribution in [2.45, 2.75) is 43.2 Å². The number of benzene rings is 1. The van der Waals surface area contributed by atoms with Crippen molar-refractivity contribution in [3.05, 3.63) is 41.6 Å². The quantitative estimate of drug-likeness (QED) is 0.471. The minimum absolute atomic E-state index is 0.0735. The fourth-order valence-electron chi connectivity index (χ4n) is 5.08. The second kappa shape index (κ2) is 7.72. The molecule has 1 unspecified atom stereocenters. The summed E-state index contributed by atoms with van der Waals surface area (Å²) in [7, 11) is 2.11. The molecule has 3 aliphatic rings. The molecule has 0 bridgehead atoms. The number of aliphatic hydroxyl groups is 4. The van der Waals surface area contributed by atoms with E-state index in [1.54, 1.807) is 0 Å². The summed E-state index contributed by atoms with van der Waals surface area (Å²) in [6.07, 6.45) is -0.949. The summed E-state index contributed by atoms with van der Waals surface area (Å²) in [6.45, 7) is 0.617. The number of nitrogens with zero attached hydrogens (tertiary/aromatic N) is 1. The SMILES string of the molecule is CN1CC(CO[C@H]2O[C@H](CO)[C@H](O)[C@H](O)[C@H]2O)C=C2c3cccc4[nH]cc(c34)C[C@H]21. The minimum Gasteiger partial charge on any atom is -0.394 e. The minimum atomic E-state index is -1.43. The molecule has 1 aromatic carbocycles. The van der Waals surface area contributed by atoms with Crippen LogP contribution in [-0.4, -0.2) is 93.9 Å². The Labute approximate surface area is 174 Å². The zero-order valence-electron chi connectivity index (χ0n) is 16.8. The molecule has 3 heterocycles. The fraction of sp³-hybridized carbons (Fsp3) is 0.545. The number of rotatable bonds is 4. The van der Waals surface area contributed by atoms with Gasteiger partial charge in [0.15, 0.2) is 6.29 Å². The van der Waals surface area contributed by atoms with E-state index in [0.29, 0.717) is 12.6 Å². The van der Waals surface area contributed by atoms with Crippen molar-refractivity contribution in [3.8, 4) is 0 Å². The van der Waals surface area contributed by atoms with Crippen LogP contribution >= 0.6 is 0 Å². The van der Waals surface area contributed by atoms with Crippen molar-refractivity contribution >= 4 is 16.5 Å². The Balaban J connectivity index is 1.36. The number of aromatic amines is 1. The molecule has 5 N–H and O–H groups in total. The van der Waals surface area contributed by atoms with Crippen molar-refractivity contribution in [3.63, 3.8) is 0 Å². The molecule has 8 heteroatoms. The Bertz CT molecular complexity index is 956. The van der Waals surface area contributed by atoms with Gasteiger partial charge in [0.2, 0.25) is 0 Å². The van der Waals surface area contributed by atoms with Gasteiger partial charge in [-0.1, -0.05) is 18.2 Å². The molecular formula is C22H28N2O6. The normalized spacial score (nSPS) is 36.6. The number of hydrogen-bond acceptors (Lipinski definition) is 7. The van der Waals surface area contributed by atoms with E-state index in [1.807, 2.05) is 0 Å². The van der Waals surface area contributed by atoms with Gasteiger partial charge in [-0.25, -0.2) is 0 Å². The van der Waals surface area contributed by atoms with Gasteiger partial charge in [-0.15, -0.1) is 0 Å². The van der Waals surface area contributed by atoms with E-state index < -0.39 is 37.3 Å². The van der Waals surface area contributed by atoms with Gasteiger partial charge < -0.3 is 34.9 Å². The van der Waals surface area contributed by atoms with Crippen molar-refractivity contribution in [2.24, 2.45) is 5.92 Å². The highest BCUT2D eigenvalue weighted by molar-refractivity contribution is 5.98. The van der Waals surface area contributed by atoms with E-state index in [0.717, 1.165) is 18.5 Å². The summed E-state index contributed by atoms with van der Waals surface area (Å²) in [6, 6.07) is 6.62. The highest BCUT2D eigenvalue weighted by Crippen LogP contribution is 2.40. The first kappa shape index (κ1) is 20.1. The topological polar surface area (TPSA) is 118 Å². The largest absolute Gasteiger partial charge is 0.394 e. The number of likely N-dealkylation sites (N-methyl/N-ethyl adjacent to an activating group) is 1. The molecule has 162 valence electrons. The van der Waals surface area contributed by atoms with Gasteiger partial charge in [0, 0.05) is 35.6 Å².